The third-order valence-corrected chi connectivity index (χ3v) is 6.27. The average molecular weight is 457 g/mol. The van der Waals surface area contributed by atoms with Crippen LogP contribution in [0.3, 0.4) is 0 Å². The Bertz CT molecular complexity index is 1280. The maximum absolute atomic E-state index is 14.7. The van der Waals surface area contributed by atoms with Crippen LogP contribution in [0.5, 0.6) is 0 Å². The van der Waals surface area contributed by atoms with Crippen molar-refractivity contribution >= 4 is 46.0 Å². The van der Waals surface area contributed by atoms with Gasteiger partial charge in [-0.05, 0) is 43.2 Å². The van der Waals surface area contributed by atoms with Crippen molar-refractivity contribution in [3.63, 3.8) is 0 Å². The topological polar surface area (TPSA) is 81.7 Å². The van der Waals surface area contributed by atoms with Crippen molar-refractivity contribution in [1.29, 1.82) is 0 Å². The molecule has 0 aliphatic heterocycles. The van der Waals surface area contributed by atoms with E-state index in [2.05, 4.69) is 20.4 Å². The highest BCUT2D eigenvalue weighted by Crippen LogP contribution is 2.35. The molecular formula is C22H19Cl2FN6. The van der Waals surface area contributed by atoms with Gasteiger partial charge in [0.05, 0.1) is 26.8 Å². The Morgan fingerprint density at radius 3 is 2.55 bits per heavy atom. The Balaban J connectivity index is 1.72. The van der Waals surface area contributed by atoms with Crippen molar-refractivity contribution in [2.24, 2.45) is 0 Å². The molecule has 0 radical (unpaired) electrons. The second kappa shape index (κ2) is 7.98. The lowest BCUT2D eigenvalue weighted by atomic mass is 10.1. The van der Waals surface area contributed by atoms with Crippen molar-refractivity contribution in [2.75, 3.05) is 11.1 Å². The molecule has 3 N–H and O–H groups in total. The van der Waals surface area contributed by atoms with Gasteiger partial charge in [0.2, 0.25) is 5.95 Å². The fourth-order valence-corrected chi connectivity index (χ4v) is 4.28. The molecule has 5 rings (SSSR count). The largest absolute Gasteiger partial charge is 0.383 e. The van der Waals surface area contributed by atoms with Gasteiger partial charge in [0, 0.05) is 11.6 Å². The molecule has 1 aliphatic carbocycles. The highest BCUT2D eigenvalue weighted by molar-refractivity contribution is 6.42. The van der Waals surface area contributed by atoms with Gasteiger partial charge < -0.3 is 11.1 Å². The molecule has 0 unspecified atom stereocenters. The molecule has 0 spiro atoms. The Morgan fingerprint density at radius 1 is 1.03 bits per heavy atom. The quantitative estimate of drug-likeness (QED) is 0.401. The Labute approximate surface area is 188 Å². The predicted octanol–water partition coefficient (Wildman–Crippen LogP) is 5.87. The first-order valence-electron chi connectivity index (χ1n) is 10.0. The number of nitrogen functional groups attached to an aromatic ring is 1. The minimum Gasteiger partial charge on any atom is -0.383 e. The molecule has 1 fully saturated rings. The molecule has 1 saturated carbocycles. The highest BCUT2D eigenvalue weighted by atomic mass is 35.5. The average Bonchev–Trinajstić information content (AvgIpc) is 3.38. The lowest BCUT2D eigenvalue weighted by molar-refractivity contribution is 0.631. The summed E-state index contributed by atoms with van der Waals surface area (Å²) in [6.45, 7) is 0. The molecule has 31 heavy (non-hydrogen) atoms. The van der Waals surface area contributed by atoms with Crippen LogP contribution < -0.4 is 11.1 Å². The molecule has 2 heterocycles. The van der Waals surface area contributed by atoms with E-state index in [1.54, 1.807) is 36.4 Å². The van der Waals surface area contributed by atoms with Crippen LogP contribution in [0.25, 0.3) is 28.0 Å². The van der Waals surface area contributed by atoms with Gasteiger partial charge in [0.25, 0.3) is 0 Å². The molecule has 0 bridgehead atoms. The Morgan fingerprint density at radius 2 is 1.81 bits per heavy atom. The number of benzene rings is 2. The predicted molar refractivity (Wildman–Crippen MR) is 122 cm³/mol. The summed E-state index contributed by atoms with van der Waals surface area (Å²) in [4.78, 5) is 9.24. The van der Waals surface area contributed by atoms with Crippen LogP contribution >= 0.6 is 23.2 Å². The van der Waals surface area contributed by atoms with E-state index in [0.29, 0.717) is 55.8 Å². The van der Waals surface area contributed by atoms with Crippen molar-refractivity contribution in [3.05, 3.63) is 58.3 Å². The number of hydrogen-bond acceptors (Lipinski definition) is 5. The van der Waals surface area contributed by atoms with Gasteiger partial charge in [-0.1, -0.05) is 48.2 Å². The zero-order valence-electron chi connectivity index (χ0n) is 16.4. The fraction of sp³-hybridized carbons (Fsp3) is 0.227. The normalized spacial score (nSPS) is 14.4. The van der Waals surface area contributed by atoms with Crippen LogP contribution in [-0.4, -0.2) is 25.8 Å². The van der Waals surface area contributed by atoms with E-state index >= 15 is 0 Å². The van der Waals surface area contributed by atoms with Gasteiger partial charge in [-0.3, -0.25) is 0 Å². The van der Waals surface area contributed by atoms with Crippen LogP contribution in [0.2, 0.25) is 10.0 Å². The molecule has 0 atom stereocenters. The molecule has 9 heteroatoms. The Kier molecular flexibility index (Phi) is 5.16. The number of rotatable bonds is 4. The number of halogens is 3. The van der Waals surface area contributed by atoms with Crippen molar-refractivity contribution in [1.82, 2.24) is 19.7 Å². The number of nitrogens with zero attached hydrogens (tertiary/aromatic N) is 4. The van der Waals surface area contributed by atoms with E-state index in [0.717, 1.165) is 12.8 Å². The number of aromatic nitrogens is 4. The maximum Gasteiger partial charge on any atom is 0.225 e. The van der Waals surface area contributed by atoms with Gasteiger partial charge in [0.15, 0.2) is 5.65 Å². The molecule has 6 nitrogen and oxygen atoms in total. The van der Waals surface area contributed by atoms with Crippen molar-refractivity contribution < 1.29 is 4.39 Å². The molecule has 2 aromatic heterocycles. The van der Waals surface area contributed by atoms with E-state index in [4.69, 9.17) is 28.9 Å². The van der Waals surface area contributed by atoms with Crippen LogP contribution in [0.1, 0.15) is 25.7 Å². The first kappa shape index (κ1) is 20.0. The van der Waals surface area contributed by atoms with Crippen LogP contribution in [0.4, 0.5) is 16.2 Å². The summed E-state index contributed by atoms with van der Waals surface area (Å²) in [5, 5.41) is 9.24. The summed E-state index contributed by atoms with van der Waals surface area (Å²) >= 11 is 12.2. The highest BCUT2D eigenvalue weighted by Gasteiger charge is 2.23. The lowest BCUT2D eigenvalue weighted by Crippen LogP contribution is -2.17. The smallest absolute Gasteiger partial charge is 0.225 e. The van der Waals surface area contributed by atoms with Gasteiger partial charge in [-0.15, -0.1) is 5.10 Å². The number of nitrogens with two attached hydrogens (primary N) is 1. The summed E-state index contributed by atoms with van der Waals surface area (Å²) < 4.78 is 16.2. The number of fused-ring (bicyclic) bond motifs is 1. The maximum atomic E-state index is 14.7. The minimum absolute atomic E-state index is 0.291. The van der Waals surface area contributed by atoms with E-state index in [-0.39, 0.29) is 0 Å². The molecule has 158 valence electrons. The van der Waals surface area contributed by atoms with E-state index in [1.807, 2.05) is 0 Å². The van der Waals surface area contributed by atoms with Gasteiger partial charge in [-0.2, -0.15) is 4.98 Å². The van der Waals surface area contributed by atoms with E-state index in [9.17, 15) is 4.39 Å². The number of nitrogens with one attached hydrogen (secondary N) is 1. The van der Waals surface area contributed by atoms with Crippen molar-refractivity contribution in [3.8, 4) is 16.9 Å². The number of anilines is 2. The SMILES string of the molecule is Nc1c2c(-c3ccccc3F)nc(NC3CCCC3)nc2nn1-c1ccc(Cl)c(Cl)c1. The van der Waals surface area contributed by atoms with Gasteiger partial charge in [0.1, 0.15) is 11.6 Å². The monoisotopic (exact) mass is 456 g/mol. The zero-order chi connectivity index (χ0) is 21.5. The second-order valence-electron chi connectivity index (χ2n) is 7.60. The third-order valence-electron chi connectivity index (χ3n) is 5.53. The summed E-state index contributed by atoms with van der Waals surface area (Å²) in [5.41, 5.74) is 8.19. The summed E-state index contributed by atoms with van der Waals surface area (Å²) in [6, 6.07) is 11.8. The van der Waals surface area contributed by atoms with Crippen molar-refractivity contribution in [2.45, 2.75) is 31.7 Å². The Hall–Kier alpha value is -2.90. The molecule has 2 aromatic carbocycles. The lowest BCUT2D eigenvalue weighted by Gasteiger charge is -2.13. The van der Waals surface area contributed by atoms with Gasteiger partial charge >= 0.3 is 0 Å². The van der Waals surface area contributed by atoms with E-state index in [1.165, 1.54) is 23.6 Å². The zero-order valence-corrected chi connectivity index (χ0v) is 18.0. The molecule has 0 amide bonds. The summed E-state index contributed by atoms with van der Waals surface area (Å²) in [7, 11) is 0. The first-order valence-corrected chi connectivity index (χ1v) is 10.8. The number of hydrogen-bond donors (Lipinski definition) is 2. The summed E-state index contributed by atoms with van der Waals surface area (Å²) in [5.74, 6) is 0.312. The summed E-state index contributed by atoms with van der Waals surface area (Å²) in [6.07, 6.45) is 4.44. The molecule has 4 aromatic rings. The van der Waals surface area contributed by atoms with Gasteiger partial charge in [-0.25, -0.2) is 14.1 Å². The van der Waals surface area contributed by atoms with Crippen LogP contribution in [0, 0.1) is 5.82 Å². The minimum atomic E-state index is -0.393. The first-order chi connectivity index (χ1) is 15.0. The van der Waals surface area contributed by atoms with Crippen LogP contribution in [-0.2, 0) is 0 Å². The standard InChI is InChI=1S/C22H19Cl2FN6/c23-15-10-9-13(11-16(15)24)31-20(26)18-19(14-7-3-4-8-17(14)25)28-22(29-21(18)30-31)27-12-5-1-2-6-12/h3-4,7-12H,1-2,5-6,26H2,(H,27,29,30). The van der Waals surface area contributed by atoms with E-state index < -0.39 is 5.82 Å². The third kappa shape index (κ3) is 3.68. The fourth-order valence-electron chi connectivity index (χ4n) is 3.99. The van der Waals surface area contributed by atoms with Crippen LogP contribution in [0.15, 0.2) is 42.5 Å². The second-order valence-corrected chi connectivity index (χ2v) is 8.41. The molecule has 1 aliphatic rings. The molecule has 0 saturated heterocycles. The molecular weight excluding hydrogens is 438 g/mol.